The zero-order valence-corrected chi connectivity index (χ0v) is 14.7. The van der Waals surface area contributed by atoms with Gasteiger partial charge in [0, 0.05) is 18.5 Å². The number of ether oxygens (including phenoxy) is 2. The molecule has 0 heterocycles. The number of carbonyl (C=O) groups excluding carboxylic acids is 2. The van der Waals surface area contributed by atoms with Crippen molar-refractivity contribution in [2.24, 2.45) is 5.10 Å². The van der Waals surface area contributed by atoms with Crippen molar-refractivity contribution in [1.82, 2.24) is 5.43 Å². The minimum atomic E-state index is -0.343. The molecular formula is C19H21N3O4. The Labute approximate surface area is 152 Å². The molecule has 7 nitrogen and oxygen atoms in total. The van der Waals surface area contributed by atoms with Crippen LogP contribution in [0, 0.1) is 0 Å². The normalized spacial score (nSPS) is 10.4. The molecule has 0 aliphatic heterocycles. The fourth-order valence-electron chi connectivity index (χ4n) is 2.14. The lowest BCUT2D eigenvalue weighted by Gasteiger charge is -2.07. The van der Waals surface area contributed by atoms with Crippen LogP contribution in [0.15, 0.2) is 53.6 Å². The molecular weight excluding hydrogens is 334 g/mol. The van der Waals surface area contributed by atoms with Crippen LogP contribution in [0.25, 0.3) is 0 Å². The zero-order valence-electron chi connectivity index (χ0n) is 14.7. The molecule has 2 N–H and O–H groups in total. The van der Waals surface area contributed by atoms with Gasteiger partial charge in [-0.3, -0.25) is 9.59 Å². The molecule has 2 amide bonds. The monoisotopic (exact) mass is 355 g/mol. The van der Waals surface area contributed by atoms with E-state index in [9.17, 15) is 9.59 Å². The summed E-state index contributed by atoms with van der Waals surface area (Å²) >= 11 is 0. The number of nitrogens with zero attached hydrogens (tertiary/aromatic N) is 1. The number of rotatable bonds is 8. The number of carbonyl (C=O) groups is 2. The highest BCUT2D eigenvalue weighted by Crippen LogP contribution is 2.26. The van der Waals surface area contributed by atoms with Gasteiger partial charge in [-0.25, -0.2) is 5.43 Å². The van der Waals surface area contributed by atoms with Gasteiger partial charge < -0.3 is 14.8 Å². The molecule has 0 fully saturated rings. The van der Waals surface area contributed by atoms with Crippen molar-refractivity contribution in [2.45, 2.75) is 12.8 Å². The van der Waals surface area contributed by atoms with Crippen molar-refractivity contribution in [2.75, 3.05) is 19.5 Å². The van der Waals surface area contributed by atoms with Crippen LogP contribution in [0.1, 0.15) is 18.4 Å². The lowest BCUT2D eigenvalue weighted by Crippen LogP contribution is -2.20. The topological polar surface area (TPSA) is 89.0 Å². The Hall–Kier alpha value is -3.35. The molecule has 0 unspecified atom stereocenters. The van der Waals surface area contributed by atoms with Crippen LogP contribution >= 0.6 is 0 Å². The molecule has 0 radical (unpaired) electrons. The molecule has 2 rings (SSSR count). The smallest absolute Gasteiger partial charge is 0.240 e. The molecule has 2 aromatic carbocycles. The standard InChI is InChI=1S/C19H21N3O4/c1-25-16-9-8-14(12-17(16)26-2)13-20-22-19(24)11-10-18(23)21-15-6-4-3-5-7-15/h3-9,12-13H,10-11H2,1-2H3,(H,21,23)(H,22,24)/b20-13-. The second-order valence-electron chi connectivity index (χ2n) is 5.32. The predicted molar refractivity (Wildman–Crippen MR) is 99.6 cm³/mol. The van der Waals surface area contributed by atoms with Gasteiger partial charge in [0.15, 0.2) is 11.5 Å². The Morgan fingerprint density at radius 1 is 0.962 bits per heavy atom. The molecule has 26 heavy (non-hydrogen) atoms. The van der Waals surface area contributed by atoms with Gasteiger partial charge in [-0.1, -0.05) is 18.2 Å². The minimum Gasteiger partial charge on any atom is -0.493 e. The first-order valence-electron chi connectivity index (χ1n) is 8.01. The summed E-state index contributed by atoms with van der Waals surface area (Å²) in [5.74, 6) is 0.610. The number of benzene rings is 2. The SMILES string of the molecule is COc1ccc(/C=N\NC(=O)CCC(=O)Nc2ccccc2)cc1OC. The van der Waals surface area contributed by atoms with Crippen LogP contribution in [0.3, 0.4) is 0 Å². The number of methoxy groups -OCH3 is 2. The van der Waals surface area contributed by atoms with E-state index >= 15 is 0 Å². The van der Waals surface area contributed by atoms with E-state index in [4.69, 9.17) is 9.47 Å². The Bertz CT molecular complexity index is 776. The van der Waals surface area contributed by atoms with Crippen LogP contribution in [-0.2, 0) is 9.59 Å². The first kappa shape index (κ1) is 19.0. The maximum absolute atomic E-state index is 11.8. The lowest BCUT2D eigenvalue weighted by molar-refractivity contribution is -0.124. The van der Waals surface area contributed by atoms with E-state index in [2.05, 4.69) is 15.8 Å². The third-order valence-corrected chi connectivity index (χ3v) is 3.45. The quantitative estimate of drug-likeness (QED) is 0.563. The van der Waals surface area contributed by atoms with E-state index < -0.39 is 0 Å². The first-order chi connectivity index (χ1) is 12.6. The molecule has 0 aliphatic rings. The van der Waals surface area contributed by atoms with Gasteiger partial charge in [0.25, 0.3) is 0 Å². The van der Waals surface area contributed by atoms with Crippen molar-refractivity contribution >= 4 is 23.7 Å². The highest BCUT2D eigenvalue weighted by Gasteiger charge is 2.07. The van der Waals surface area contributed by atoms with Gasteiger partial charge in [0.2, 0.25) is 11.8 Å². The fourth-order valence-corrected chi connectivity index (χ4v) is 2.14. The van der Waals surface area contributed by atoms with Gasteiger partial charge in [-0.05, 0) is 35.9 Å². The molecule has 0 spiro atoms. The van der Waals surface area contributed by atoms with Crippen LogP contribution < -0.4 is 20.2 Å². The number of nitrogens with one attached hydrogen (secondary N) is 2. The van der Waals surface area contributed by atoms with Crippen LogP contribution in [0.2, 0.25) is 0 Å². The number of amides is 2. The van der Waals surface area contributed by atoms with E-state index in [1.807, 2.05) is 18.2 Å². The molecule has 0 atom stereocenters. The van der Waals surface area contributed by atoms with E-state index in [-0.39, 0.29) is 24.7 Å². The summed E-state index contributed by atoms with van der Waals surface area (Å²) in [6.45, 7) is 0. The Morgan fingerprint density at radius 2 is 1.65 bits per heavy atom. The Balaban J connectivity index is 1.77. The largest absolute Gasteiger partial charge is 0.493 e. The van der Waals surface area contributed by atoms with Gasteiger partial charge >= 0.3 is 0 Å². The summed E-state index contributed by atoms with van der Waals surface area (Å²) in [6.07, 6.45) is 1.61. The third kappa shape index (κ3) is 5.94. The van der Waals surface area contributed by atoms with Gasteiger partial charge in [0.1, 0.15) is 0 Å². The van der Waals surface area contributed by atoms with E-state index in [1.165, 1.54) is 6.21 Å². The maximum Gasteiger partial charge on any atom is 0.240 e. The number of anilines is 1. The van der Waals surface area contributed by atoms with Crippen LogP contribution in [0.5, 0.6) is 11.5 Å². The van der Waals surface area contributed by atoms with Gasteiger partial charge in [-0.2, -0.15) is 5.10 Å². The van der Waals surface area contributed by atoms with Crippen molar-refractivity contribution in [3.05, 3.63) is 54.1 Å². The van der Waals surface area contributed by atoms with Crippen LogP contribution in [-0.4, -0.2) is 32.2 Å². The second kappa shape index (κ2) is 9.83. The molecule has 0 saturated heterocycles. The average Bonchev–Trinajstić information content (AvgIpc) is 2.67. The third-order valence-electron chi connectivity index (χ3n) is 3.45. The summed E-state index contributed by atoms with van der Waals surface area (Å²) in [5.41, 5.74) is 3.83. The molecule has 0 aromatic heterocycles. The van der Waals surface area contributed by atoms with Gasteiger partial charge in [0.05, 0.1) is 20.4 Å². The maximum atomic E-state index is 11.8. The fraction of sp³-hybridized carbons (Fsp3) is 0.211. The number of para-hydroxylation sites is 1. The number of hydrogen-bond acceptors (Lipinski definition) is 5. The van der Waals surface area contributed by atoms with Crippen molar-refractivity contribution in [3.63, 3.8) is 0 Å². The predicted octanol–water partition coefficient (Wildman–Crippen LogP) is 2.57. The zero-order chi connectivity index (χ0) is 18.8. The van der Waals surface area contributed by atoms with Crippen molar-refractivity contribution < 1.29 is 19.1 Å². The molecule has 0 saturated carbocycles. The molecule has 7 heteroatoms. The van der Waals surface area contributed by atoms with E-state index in [1.54, 1.807) is 44.6 Å². The van der Waals surface area contributed by atoms with Crippen molar-refractivity contribution in [1.29, 1.82) is 0 Å². The number of hydrogen-bond donors (Lipinski definition) is 2. The Kier molecular flexibility index (Phi) is 7.17. The molecule has 2 aromatic rings. The lowest BCUT2D eigenvalue weighted by atomic mass is 10.2. The van der Waals surface area contributed by atoms with E-state index in [0.717, 1.165) is 5.56 Å². The van der Waals surface area contributed by atoms with E-state index in [0.29, 0.717) is 17.2 Å². The summed E-state index contributed by atoms with van der Waals surface area (Å²) in [5, 5.41) is 6.60. The summed E-state index contributed by atoms with van der Waals surface area (Å²) in [7, 11) is 3.10. The van der Waals surface area contributed by atoms with Gasteiger partial charge in [-0.15, -0.1) is 0 Å². The molecule has 0 aliphatic carbocycles. The molecule has 0 bridgehead atoms. The summed E-state index contributed by atoms with van der Waals surface area (Å²) < 4.78 is 10.4. The minimum absolute atomic E-state index is 0.0436. The van der Waals surface area contributed by atoms with Crippen molar-refractivity contribution in [3.8, 4) is 11.5 Å². The highest BCUT2D eigenvalue weighted by atomic mass is 16.5. The average molecular weight is 355 g/mol. The first-order valence-corrected chi connectivity index (χ1v) is 8.01. The van der Waals surface area contributed by atoms with Crippen LogP contribution in [0.4, 0.5) is 5.69 Å². The highest BCUT2D eigenvalue weighted by molar-refractivity contribution is 5.93. The number of hydrazone groups is 1. The summed E-state index contributed by atoms with van der Waals surface area (Å²) in [6, 6.07) is 14.3. The molecule has 136 valence electrons. The second-order valence-corrected chi connectivity index (χ2v) is 5.32. The summed E-state index contributed by atoms with van der Waals surface area (Å²) in [4.78, 5) is 23.6. The Morgan fingerprint density at radius 3 is 2.35 bits per heavy atom.